The van der Waals surface area contributed by atoms with E-state index in [0.29, 0.717) is 37.2 Å². The number of nitriles is 1. The molecule has 1 fully saturated rings. The Morgan fingerprint density at radius 1 is 0.938 bits per heavy atom. The number of amides is 3. The fraction of sp³-hybridized carbons (Fsp3) is 0.360. The number of thiazole rings is 1. The Labute approximate surface area is 383 Å². The Kier molecular flexibility index (Phi) is 13.7. The molecule has 64 heavy (non-hydrogen) atoms. The molecule has 0 spiro atoms. The summed E-state index contributed by atoms with van der Waals surface area (Å²) in [7, 11) is 0. The van der Waals surface area contributed by atoms with Crippen LogP contribution in [-0.4, -0.2) is 67.7 Å². The number of nitrogens with one attached hydrogen (secondary N) is 2. The van der Waals surface area contributed by atoms with Crippen molar-refractivity contribution in [3.8, 4) is 32.6 Å². The molecule has 0 bridgehead atoms. The first kappa shape index (κ1) is 45.7. The Morgan fingerprint density at radius 2 is 1.59 bits per heavy atom. The van der Waals surface area contributed by atoms with Gasteiger partial charge in [0.25, 0.3) is 5.91 Å². The predicted molar refractivity (Wildman–Crippen MR) is 255 cm³/mol. The van der Waals surface area contributed by atoms with Gasteiger partial charge in [-0.05, 0) is 111 Å². The van der Waals surface area contributed by atoms with Gasteiger partial charge in [-0.25, -0.2) is 4.98 Å². The molecular weight excluding hydrogens is 839 g/mol. The highest BCUT2D eigenvalue weighted by molar-refractivity contribution is 7.14. The molecule has 0 aliphatic carbocycles. The average molecular weight is 894 g/mol. The molecule has 3 amide bonds. The molecule has 1 aliphatic heterocycles. The van der Waals surface area contributed by atoms with Crippen LogP contribution < -0.4 is 10.6 Å². The van der Waals surface area contributed by atoms with Crippen LogP contribution in [0.3, 0.4) is 0 Å². The van der Waals surface area contributed by atoms with Crippen LogP contribution in [-0.2, 0) is 16.0 Å². The topological polar surface area (TPSA) is 158 Å². The molecular formula is C50H55N9O3S2. The molecule has 0 radical (unpaired) electrons. The molecule has 14 heteroatoms. The number of nitrogens with zero attached hydrogens (tertiary/aromatic N) is 7. The van der Waals surface area contributed by atoms with Crippen molar-refractivity contribution in [2.45, 2.75) is 105 Å². The Balaban J connectivity index is 1.00. The van der Waals surface area contributed by atoms with Crippen LogP contribution >= 0.6 is 22.7 Å². The number of carbonyl (C=O) groups is 3. The van der Waals surface area contributed by atoms with Crippen molar-refractivity contribution in [1.29, 1.82) is 5.26 Å². The van der Waals surface area contributed by atoms with Crippen LogP contribution in [0.25, 0.3) is 26.6 Å². The van der Waals surface area contributed by atoms with Crippen LogP contribution in [0.5, 0.6) is 0 Å². The second kappa shape index (κ2) is 19.2. The quantitative estimate of drug-likeness (QED) is 0.103. The van der Waals surface area contributed by atoms with E-state index in [1.54, 1.807) is 39.7 Å². The summed E-state index contributed by atoms with van der Waals surface area (Å²) in [5, 5.41) is 25.3. The largest absolute Gasteiger partial charge is 0.348 e. The van der Waals surface area contributed by atoms with Crippen LogP contribution in [0.4, 0.5) is 0 Å². The number of rotatable bonds is 14. The van der Waals surface area contributed by atoms with Gasteiger partial charge in [-0.15, -0.1) is 32.9 Å². The first-order valence-electron chi connectivity index (χ1n) is 21.5. The summed E-state index contributed by atoms with van der Waals surface area (Å²) in [5.74, 6) is 0.516. The number of carbonyl (C=O) groups excluding carboxylic acids is 3. The van der Waals surface area contributed by atoms with Gasteiger partial charge in [0.2, 0.25) is 11.8 Å². The van der Waals surface area contributed by atoms with E-state index in [4.69, 9.17) is 0 Å². The summed E-state index contributed by atoms with van der Waals surface area (Å²) < 4.78 is 2.01. The number of benzene rings is 3. The third kappa shape index (κ3) is 9.61. The molecule has 4 heterocycles. The first-order chi connectivity index (χ1) is 30.6. The van der Waals surface area contributed by atoms with Crippen molar-refractivity contribution in [2.75, 3.05) is 6.54 Å². The number of aliphatic imine (C=N–C) groups is 1. The van der Waals surface area contributed by atoms with Crippen molar-refractivity contribution in [3.63, 3.8) is 0 Å². The zero-order valence-corrected chi connectivity index (χ0v) is 39.4. The predicted octanol–water partition coefficient (Wildman–Crippen LogP) is 9.61. The third-order valence-electron chi connectivity index (χ3n) is 12.2. The number of hydrogen-bond donors (Lipinski definition) is 2. The van der Waals surface area contributed by atoms with Crippen molar-refractivity contribution in [1.82, 2.24) is 35.3 Å². The third-order valence-corrected chi connectivity index (χ3v) is 14.4. The Hall–Kier alpha value is -6.30. The van der Waals surface area contributed by atoms with Gasteiger partial charge < -0.3 is 15.5 Å². The highest BCUT2D eigenvalue weighted by Gasteiger charge is 2.42. The second-order valence-corrected chi connectivity index (χ2v) is 19.7. The molecule has 4 atom stereocenters. The Bertz CT molecular complexity index is 2700. The van der Waals surface area contributed by atoms with Crippen molar-refractivity contribution < 1.29 is 14.4 Å². The van der Waals surface area contributed by atoms with Crippen molar-refractivity contribution >= 4 is 47.1 Å². The molecule has 6 aromatic rings. The van der Waals surface area contributed by atoms with E-state index in [9.17, 15) is 19.6 Å². The maximum Gasteiger partial charge on any atom is 0.251 e. The number of likely N-dealkylation sites (tertiary alicyclic amines) is 1. The minimum atomic E-state index is -0.852. The summed E-state index contributed by atoms with van der Waals surface area (Å²) in [6.45, 7) is 20.0. The number of thiophene rings is 1. The number of hydrogen-bond acceptors (Lipinski definition) is 10. The zero-order valence-electron chi connectivity index (χ0n) is 37.7. The molecule has 0 saturated carbocycles. The minimum Gasteiger partial charge on any atom is -0.348 e. The first-order valence-corrected chi connectivity index (χ1v) is 23.2. The molecule has 2 N–H and O–H groups in total. The van der Waals surface area contributed by atoms with E-state index in [2.05, 4.69) is 81.7 Å². The average Bonchev–Trinajstić information content (AvgIpc) is 4.09. The molecule has 3 aromatic heterocycles. The summed E-state index contributed by atoms with van der Waals surface area (Å²) >= 11 is 3.28. The smallest absolute Gasteiger partial charge is 0.251 e. The zero-order chi connectivity index (χ0) is 45.9. The molecule has 7 rings (SSSR count). The van der Waals surface area contributed by atoms with E-state index in [-0.39, 0.29) is 30.2 Å². The second-order valence-electron chi connectivity index (χ2n) is 17.6. The fourth-order valence-electron chi connectivity index (χ4n) is 8.27. The lowest BCUT2D eigenvalue weighted by atomic mass is 9.85. The highest BCUT2D eigenvalue weighted by Crippen LogP contribution is 2.36. The lowest BCUT2D eigenvalue weighted by Crippen LogP contribution is -2.57. The molecule has 1 aliphatic rings. The number of aromatic nitrogens is 4. The number of aryl methyl sites for hydroxylation is 3. The van der Waals surface area contributed by atoms with Crippen LogP contribution in [0.1, 0.15) is 114 Å². The van der Waals surface area contributed by atoms with Crippen molar-refractivity contribution in [3.05, 3.63) is 128 Å². The SMILES string of the molecule is C=NC(CC#N)c1nnc(C)n1-c1sc(C)c(C)c1Cc1ccc(-c2ccc(C(=O)NC(C(=O)N3CCCC3C(=O)NC(C)c3ccc(-c4scnc4C)cc3)C(C)(C)C)cc2)cc1. The standard InChI is InChI=1S/C50H55N9O3S2/c1-29-32(4)64-49(59-33(5)56-57-45(59)41(52-9)24-25-51)40(29)27-34-12-14-36(15-13-34)37-18-22-39(23-19-37)46(60)55-44(50(6,7)8)48(62)58-26-10-11-42(58)47(61)54-30(2)35-16-20-38(21-17-35)43-31(3)53-28-63-43/h12-23,28,30,41-42,44H,9-11,24,26-27H2,1-8H3,(H,54,61)(H,55,60). The highest BCUT2D eigenvalue weighted by atomic mass is 32.1. The van der Waals surface area contributed by atoms with Crippen molar-refractivity contribution in [2.24, 2.45) is 10.4 Å². The van der Waals surface area contributed by atoms with Crippen LogP contribution in [0.2, 0.25) is 0 Å². The molecule has 1 saturated heterocycles. The van der Waals surface area contributed by atoms with Gasteiger partial charge in [-0.2, -0.15) is 5.26 Å². The van der Waals surface area contributed by atoms with Crippen LogP contribution in [0, 0.1) is 44.4 Å². The van der Waals surface area contributed by atoms with E-state index in [0.717, 1.165) is 49.2 Å². The van der Waals surface area contributed by atoms with Gasteiger partial charge >= 0.3 is 0 Å². The van der Waals surface area contributed by atoms with E-state index in [1.807, 2.05) is 88.0 Å². The summed E-state index contributed by atoms with van der Waals surface area (Å²) in [6, 6.07) is 23.9. The molecule has 330 valence electrons. The monoisotopic (exact) mass is 893 g/mol. The molecule has 3 aromatic carbocycles. The van der Waals surface area contributed by atoms with E-state index >= 15 is 0 Å². The van der Waals surface area contributed by atoms with Crippen LogP contribution in [0.15, 0.2) is 83.3 Å². The fourth-order valence-corrected chi connectivity index (χ4v) is 10.3. The maximum absolute atomic E-state index is 14.3. The summed E-state index contributed by atoms with van der Waals surface area (Å²) in [6.07, 6.45) is 2.10. The summed E-state index contributed by atoms with van der Waals surface area (Å²) in [4.78, 5) is 54.3. The molecule has 4 unspecified atom stereocenters. The van der Waals surface area contributed by atoms with Gasteiger partial charge in [0, 0.05) is 23.4 Å². The maximum atomic E-state index is 14.3. The minimum absolute atomic E-state index is 0.164. The van der Waals surface area contributed by atoms with Gasteiger partial charge in [0.05, 0.1) is 34.6 Å². The van der Waals surface area contributed by atoms with Gasteiger partial charge in [0.15, 0.2) is 5.82 Å². The molecule has 12 nitrogen and oxygen atoms in total. The Morgan fingerprint density at radius 3 is 2.20 bits per heavy atom. The van der Waals surface area contributed by atoms with Gasteiger partial charge in [0.1, 0.15) is 29.0 Å². The van der Waals surface area contributed by atoms with Gasteiger partial charge in [-0.3, -0.25) is 23.9 Å². The summed E-state index contributed by atoms with van der Waals surface area (Å²) in [5.41, 5.74) is 10.1. The van der Waals surface area contributed by atoms with E-state index < -0.39 is 23.5 Å². The lowest BCUT2D eigenvalue weighted by molar-refractivity contribution is -0.142. The lowest BCUT2D eigenvalue weighted by Gasteiger charge is -2.35. The van der Waals surface area contributed by atoms with E-state index in [1.165, 1.54) is 16.0 Å². The van der Waals surface area contributed by atoms with Gasteiger partial charge in [-0.1, -0.05) is 81.4 Å². The normalized spacial score (nSPS) is 15.3.